The summed E-state index contributed by atoms with van der Waals surface area (Å²) in [6.07, 6.45) is 5.11. The molecule has 3 nitrogen and oxygen atoms in total. The Morgan fingerprint density at radius 3 is 2.68 bits per heavy atom. The molecule has 0 saturated carbocycles. The van der Waals surface area contributed by atoms with Gasteiger partial charge in [0.25, 0.3) is 5.91 Å². The lowest BCUT2D eigenvalue weighted by Gasteiger charge is -2.29. The fourth-order valence-electron chi connectivity index (χ4n) is 2.57. The SMILES string of the molecule is CCCc1sc(C(=O)N2CCC(N)CC2)cc1CC. The lowest BCUT2D eigenvalue weighted by molar-refractivity contribution is 0.0719. The molecular weight excluding hydrogens is 256 g/mol. The molecule has 0 aromatic carbocycles. The van der Waals surface area contributed by atoms with Crippen molar-refractivity contribution in [3.8, 4) is 0 Å². The third-order valence-electron chi connectivity index (χ3n) is 3.79. The highest BCUT2D eigenvalue weighted by Gasteiger charge is 2.23. The van der Waals surface area contributed by atoms with Crippen LogP contribution in [0, 0.1) is 0 Å². The van der Waals surface area contributed by atoms with Crippen molar-refractivity contribution in [2.45, 2.75) is 52.0 Å². The number of amides is 1. The molecule has 2 heterocycles. The summed E-state index contributed by atoms with van der Waals surface area (Å²) in [7, 11) is 0. The molecule has 1 saturated heterocycles. The van der Waals surface area contributed by atoms with E-state index in [9.17, 15) is 4.79 Å². The molecule has 4 heteroatoms. The molecule has 0 unspecified atom stereocenters. The Morgan fingerprint density at radius 2 is 2.11 bits per heavy atom. The number of rotatable bonds is 4. The van der Waals surface area contributed by atoms with E-state index in [1.807, 2.05) is 4.90 Å². The minimum Gasteiger partial charge on any atom is -0.338 e. The number of hydrogen-bond acceptors (Lipinski definition) is 3. The summed E-state index contributed by atoms with van der Waals surface area (Å²) >= 11 is 1.69. The third-order valence-corrected chi connectivity index (χ3v) is 5.02. The molecule has 1 amide bonds. The van der Waals surface area contributed by atoms with Crippen LogP contribution in [0.3, 0.4) is 0 Å². The van der Waals surface area contributed by atoms with E-state index in [4.69, 9.17) is 5.73 Å². The maximum atomic E-state index is 12.5. The Kier molecular flexibility index (Phi) is 4.99. The summed E-state index contributed by atoms with van der Waals surface area (Å²) < 4.78 is 0. The van der Waals surface area contributed by atoms with Crippen molar-refractivity contribution in [2.24, 2.45) is 5.73 Å². The van der Waals surface area contributed by atoms with Crippen molar-refractivity contribution in [3.05, 3.63) is 21.4 Å². The van der Waals surface area contributed by atoms with Crippen molar-refractivity contribution in [2.75, 3.05) is 13.1 Å². The summed E-state index contributed by atoms with van der Waals surface area (Å²) in [5.41, 5.74) is 7.24. The van der Waals surface area contributed by atoms with Gasteiger partial charge < -0.3 is 10.6 Å². The molecule has 0 atom stereocenters. The zero-order valence-corrected chi connectivity index (χ0v) is 12.8. The average molecular weight is 280 g/mol. The van der Waals surface area contributed by atoms with Gasteiger partial charge in [0.15, 0.2) is 0 Å². The first kappa shape index (κ1) is 14.5. The van der Waals surface area contributed by atoms with Crippen LogP contribution in [-0.4, -0.2) is 29.9 Å². The molecule has 1 aliphatic heterocycles. The van der Waals surface area contributed by atoms with Crippen LogP contribution in [0.15, 0.2) is 6.07 Å². The number of nitrogens with zero attached hydrogens (tertiary/aromatic N) is 1. The van der Waals surface area contributed by atoms with Gasteiger partial charge >= 0.3 is 0 Å². The van der Waals surface area contributed by atoms with Crippen molar-refractivity contribution in [1.29, 1.82) is 0 Å². The van der Waals surface area contributed by atoms with Gasteiger partial charge in [0.1, 0.15) is 0 Å². The van der Waals surface area contributed by atoms with Crippen LogP contribution in [-0.2, 0) is 12.8 Å². The van der Waals surface area contributed by atoms with Crippen molar-refractivity contribution >= 4 is 17.2 Å². The van der Waals surface area contributed by atoms with E-state index in [0.29, 0.717) is 0 Å². The number of piperidine rings is 1. The van der Waals surface area contributed by atoms with Crippen LogP contribution in [0.5, 0.6) is 0 Å². The number of aryl methyl sites for hydroxylation is 2. The first-order valence-electron chi connectivity index (χ1n) is 7.32. The summed E-state index contributed by atoms with van der Waals surface area (Å²) in [4.78, 5) is 16.8. The van der Waals surface area contributed by atoms with Gasteiger partial charge in [-0.15, -0.1) is 11.3 Å². The van der Waals surface area contributed by atoms with Crippen LogP contribution in [0.2, 0.25) is 0 Å². The number of likely N-dealkylation sites (tertiary alicyclic amines) is 1. The Hall–Kier alpha value is -0.870. The lowest BCUT2D eigenvalue weighted by Crippen LogP contribution is -2.42. The number of carbonyl (C=O) groups excluding carboxylic acids is 1. The van der Waals surface area contributed by atoms with Gasteiger partial charge in [-0.25, -0.2) is 0 Å². The Balaban J connectivity index is 2.10. The fourth-order valence-corrected chi connectivity index (χ4v) is 3.89. The second-order valence-electron chi connectivity index (χ2n) is 5.29. The first-order valence-corrected chi connectivity index (χ1v) is 8.13. The van der Waals surface area contributed by atoms with Gasteiger partial charge in [-0.2, -0.15) is 0 Å². The summed E-state index contributed by atoms with van der Waals surface area (Å²) in [5.74, 6) is 0.203. The van der Waals surface area contributed by atoms with Gasteiger partial charge in [0, 0.05) is 24.0 Å². The molecule has 1 aliphatic rings. The molecule has 0 aliphatic carbocycles. The van der Waals surface area contributed by atoms with Crippen molar-refractivity contribution in [3.63, 3.8) is 0 Å². The summed E-state index contributed by atoms with van der Waals surface area (Å²) in [5, 5.41) is 0. The maximum absolute atomic E-state index is 12.5. The highest BCUT2D eigenvalue weighted by molar-refractivity contribution is 7.14. The van der Waals surface area contributed by atoms with Crippen LogP contribution in [0.25, 0.3) is 0 Å². The number of carbonyl (C=O) groups is 1. The van der Waals surface area contributed by atoms with Crippen molar-refractivity contribution in [1.82, 2.24) is 4.90 Å². The smallest absolute Gasteiger partial charge is 0.263 e. The highest BCUT2D eigenvalue weighted by Crippen LogP contribution is 2.26. The Labute approximate surface area is 119 Å². The normalized spacial score (nSPS) is 16.9. The van der Waals surface area contributed by atoms with E-state index in [1.54, 1.807) is 11.3 Å². The Morgan fingerprint density at radius 1 is 1.42 bits per heavy atom. The Bertz CT molecular complexity index is 433. The summed E-state index contributed by atoms with van der Waals surface area (Å²) in [6, 6.07) is 2.38. The second kappa shape index (κ2) is 6.53. The molecule has 1 aromatic rings. The van der Waals surface area contributed by atoms with Gasteiger partial charge in [0.2, 0.25) is 0 Å². The molecule has 1 aromatic heterocycles. The predicted octanol–water partition coefficient (Wildman–Crippen LogP) is 2.83. The second-order valence-corrected chi connectivity index (χ2v) is 6.43. The van der Waals surface area contributed by atoms with E-state index in [0.717, 1.165) is 50.1 Å². The number of thiophene rings is 1. The van der Waals surface area contributed by atoms with Gasteiger partial charge in [-0.05, 0) is 37.3 Å². The van der Waals surface area contributed by atoms with Gasteiger partial charge in [-0.3, -0.25) is 4.79 Å². The molecule has 0 spiro atoms. The predicted molar refractivity (Wildman–Crippen MR) is 80.8 cm³/mol. The van der Waals surface area contributed by atoms with Crippen LogP contribution < -0.4 is 5.73 Å². The molecule has 2 N–H and O–H groups in total. The van der Waals surface area contributed by atoms with Crippen molar-refractivity contribution < 1.29 is 4.79 Å². The van der Waals surface area contributed by atoms with Crippen LogP contribution in [0.4, 0.5) is 0 Å². The zero-order valence-electron chi connectivity index (χ0n) is 11.9. The lowest BCUT2D eigenvalue weighted by atomic mass is 10.1. The molecule has 1 fully saturated rings. The largest absolute Gasteiger partial charge is 0.338 e. The molecular formula is C15H24N2OS. The molecule has 0 bridgehead atoms. The topological polar surface area (TPSA) is 46.3 Å². The number of nitrogens with two attached hydrogens (primary N) is 1. The minimum absolute atomic E-state index is 0.203. The van der Waals surface area contributed by atoms with E-state index < -0.39 is 0 Å². The monoisotopic (exact) mass is 280 g/mol. The first-order chi connectivity index (χ1) is 9.15. The number of hydrogen-bond donors (Lipinski definition) is 1. The molecule has 0 radical (unpaired) electrons. The summed E-state index contributed by atoms with van der Waals surface area (Å²) in [6.45, 7) is 5.97. The van der Waals surface area contributed by atoms with E-state index >= 15 is 0 Å². The van der Waals surface area contributed by atoms with E-state index in [2.05, 4.69) is 19.9 Å². The highest BCUT2D eigenvalue weighted by atomic mass is 32.1. The minimum atomic E-state index is 0.203. The molecule has 106 valence electrons. The van der Waals surface area contributed by atoms with Gasteiger partial charge in [-0.1, -0.05) is 20.3 Å². The van der Waals surface area contributed by atoms with Crippen LogP contribution >= 0.6 is 11.3 Å². The molecule has 19 heavy (non-hydrogen) atoms. The maximum Gasteiger partial charge on any atom is 0.263 e. The van der Waals surface area contributed by atoms with Gasteiger partial charge in [0.05, 0.1) is 4.88 Å². The zero-order chi connectivity index (χ0) is 13.8. The average Bonchev–Trinajstić information content (AvgIpc) is 2.82. The van der Waals surface area contributed by atoms with Crippen LogP contribution in [0.1, 0.15) is 53.2 Å². The standard InChI is InChI=1S/C15H24N2OS/c1-3-5-13-11(4-2)10-14(19-13)15(18)17-8-6-12(16)7-9-17/h10,12H,3-9,16H2,1-2H3. The molecule has 2 rings (SSSR count). The quantitative estimate of drug-likeness (QED) is 0.922. The van der Waals surface area contributed by atoms with E-state index in [1.165, 1.54) is 10.4 Å². The third kappa shape index (κ3) is 3.37. The fraction of sp³-hybridized carbons (Fsp3) is 0.667. The van der Waals surface area contributed by atoms with E-state index in [-0.39, 0.29) is 11.9 Å².